The van der Waals surface area contributed by atoms with Crippen LogP contribution in [0.2, 0.25) is 0 Å². The van der Waals surface area contributed by atoms with E-state index in [1.165, 1.54) is 0 Å². The lowest BCUT2D eigenvalue weighted by atomic mass is 9.95. The summed E-state index contributed by atoms with van der Waals surface area (Å²) in [6.45, 7) is 12.4. The van der Waals surface area contributed by atoms with Crippen LogP contribution in [0.15, 0.2) is 0 Å². The second-order valence-corrected chi connectivity index (χ2v) is 10.7. The average molecular weight is 459 g/mol. The fourth-order valence-corrected chi connectivity index (χ4v) is 4.48. The van der Waals surface area contributed by atoms with E-state index in [0.29, 0.717) is 0 Å². The van der Waals surface area contributed by atoms with Gasteiger partial charge in [-0.05, 0) is 91.9 Å². The van der Waals surface area contributed by atoms with Gasteiger partial charge in [-0.3, -0.25) is 0 Å². The molecule has 188 valence electrons. The van der Waals surface area contributed by atoms with Crippen molar-refractivity contribution in [2.75, 3.05) is 0 Å². The Morgan fingerprint density at radius 1 is 0.625 bits per heavy atom. The smallest absolute Gasteiger partial charge is 0.431 e. The zero-order chi connectivity index (χ0) is 23.6. The highest BCUT2D eigenvalue weighted by Gasteiger charge is 2.31. The molecule has 2 rings (SSSR count). The largest absolute Gasteiger partial charge is 0.508 e. The minimum Gasteiger partial charge on any atom is -0.431 e. The van der Waals surface area contributed by atoms with Crippen LogP contribution in [0.3, 0.4) is 0 Å². The maximum Gasteiger partial charge on any atom is 0.508 e. The molecule has 7 nitrogen and oxygen atoms in total. The molecule has 2 aliphatic rings. The predicted octanol–water partition coefficient (Wildman–Crippen LogP) is 6.82. The zero-order valence-corrected chi connectivity index (χ0v) is 21.2. The summed E-state index contributed by atoms with van der Waals surface area (Å²) in [7, 11) is 0. The Balaban J connectivity index is 1.58. The molecule has 0 amide bonds. The molecule has 0 unspecified atom stereocenters. The molecule has 32 heavy (non-hydrogen) atoms. The third-order valence-electron chi connectivity index (χ3n) is 6.29. The minimum atomic E-state index is -0.556. The first-order valence-corrected chi connectivity index (χ1v) is 12.7. The molecule has 0 N–H and O–H groups in total. The molecule has 0 spiro atoms. The first-order valence-electron chi connectivity index (χ1n) is 12.7. The van der Waals surface area contributed by atoms with Gasteiger partial charge in [0.2, 0.25) is 0 Å². The first-order chi connectivity index (χ1) is 15.1. The van der Waals surface area contributed by atoms with Crippen molar-refractivity contribution in [3.05, 3.63) is 0 Å². The summed E-state index contributed by atoms with van der Waals surface area (Å²) in [5, 5.41) is 0. The summed E-state index contributed by atoms with van der Waals surface area (Å²) in [4.78, 5) is 34.8. The van der Waals surface area contributed by atoms with Crippen molar-refractivity contribution in [3.8, 4) is 0 Å². The molecule has 7 heteroatoms. The molecule has 2 aliphatic carbocycles. The third-order valence-corrected chi connectivity index (χ3v) is 6.29. The Hall–Kier alpha value is -0.890. The molecular weight excluding hydrogens is 412 g/mol. The quantitative estimate of drug-likeness (QED) is 0.180. The fourth-order valence-electron chi connectivity index (χ4n) is 4.48. The average Bonchev–Trinajstić information content (AvgIpc) is 2.73. The van der Waals surface area contributed by atoms with E-state index in [0.717, 1.165) is 77.0 Å². The number of carbonyl (C=O) groups is 1. The van der Waals surface area contributed by atoms with Crippen LogP contribution >= 0.6 is 0 Å². The summed E-state index contributed by atoms with van der Waals surface area (Å²) in [5.41, 5.74) is -0.540. The number of hydrogen-bond acceptors (Lipinski definition) is 7. The number of ether oxygens (including phenoxy) is 2. The molecule has 0 aliphatic heterocycles. The van der Waals surface area contributed by atoms with Gasteiger partial charge in [-0.2, -0.15) is 0 Å². The second kappa shape index (κ2) is 13.1. The van der Waals surface area contributed by atoms with Gasteiger partial charge in [-0.15, -0.1) is 0 Å². The Labute approximate surface area is 194 Å². The summed E-state index contributed by atoms with van der Waals surface area (Å²) < 4.78 is 11.1. The Morgan fingerprint density at radius 3 is 1.25 bits per heavy atom. The molecule has 2 fully saturated rings. The van der Waals surface area contributed by atoms with Crippen molar-refractivity contribution in [2.24, 2.45) is 0 Å². The van der Waals surface area contributed by atoms with Gasteiger partial charge in [-0.1, -0.05) is 26.7 Å². The fraction of sp³-hybridized carbons (Fsp3) is 0.960. The number of hydrogen-bond donors (Lipinski definition) is 0. The van der Waals surface area contributed by atoms with E-state index >= 15 is 0 Å². The van der Waals surface area contributed by atoms with E-state index in [9.17, 15) is 4.79 Å². The molecular formula is C25H46O7. The van der Waals surface area contributed by atoms with E-state index in [2.05, 4.69) is 13.8 Å². The van der Waals surface area contributed by atoms with Gasteiger partial charge < -0.3 is 9.47 Å². The van der Waals surface area contributed by atoms with E-state index in [-0.39, 0.29) is 35.6 Å². The van der Waals surface area contributed by atoms with E-state index in [1.807, 2.05) is 27.7 Å². The predicted molar refractivity (Wildman–Crippen MR) is 122 cm³/mol. The van der Waals surface area contributed by atoms with Crippen molar-refractivity contribution in [2.45, 2.75) is 154 Å². The first kappa shape index (κ1) is 27.4. The topological polar surface area (TPSA) is 72.5 Å². The van der Waals surface area contributed by atoms with E-state index < -0.39 is 6.16 Å². The molecule has 0 saturated heterocycles. The van der Waals surface area contributed by atoms with Crippen LogP contribution in [-0.4, -0.2) is 41.8 Å². The van der Waals surface area contributed by atoms with Crippen LogP contribution in [0.4, 0.5) is 4.79 Å². The Morgan fingerprint density at radius 2 is 0.938 bits per heavy atom. The molecule has 0 atom stereocenters. The third kappa shape index (κ3) is 10.4. The van der Waals surface area contributed by atoms with Gasteiger partial charge in [-0.25, -0.2) is 24.3 Å². The lowest BCUT2D eigenvalue weighted by molar-refractivity contribution is -0.382. The molecule has 0 heterocycles. The summed E-state index contributed by atoms with van der Waals surface area (Å²) >= 11 is 0. The maximum atomic E-state index is 12.2. The van der Waals surface area contributed by atoms with Crippen molar-refractivity contribution >= 4 is 6.16 Å². The lowest BCUT2D eigenvalue weighted by Crippen LogP contribution is -2.34. The van der Waals surface area contributed by atoms with Gasteiger partial charge >= 0.3 is 6.16 Å². The second-order valence-electron chi connectivity index (χ2n) is 10.7. The summed E-state index contributed by atoms with van der Waals surface area (Å²) in [6.07, 6.45) is 9.68. The minimum absolute atomic E-state index is 0.0572. The van der Waals surface area contributed by atoms with Crippen LogP contribution in [0.5, 0.6) is 0 Å². The van der Waals surface area contributed by atoms with Crippen molar-refractivity contribution < 1.29 is 33.8 Å². The zero-order valence-electron chi connectivity index (χ0n) is 21.2. The van der Waals surface area contributed by atoms with Gasteiger partial charge in [0.05, 0.1) is 23.4 Å². The standard InChI is InChI=1S/C25H46O7/c1-7-17-24(3,4)31-29-21-13-9-19(10-14-21)27-23(26)28-20-11-15-22(16-12-20)30-32-25(5,6)18-8-2/h19-22H,7-18H2,1-6H3. The van der Waals surface area contributed by atoms with Crippen molar-refractivity contribution in [1.82, 2.24) is 0 Å². The Kier molecular flexibility index (Phi) is 11.2. The van der Waals surface area contributed by atoms with E-state index in [4.69, 9.17) is 29.0 Å². The van der Waals surface area contributed by atoms with Crippen LogP contribution in [0.1, 0.15) is 119 Å². The van der Waals surface area contributed by atoms with Crippen molar-refractivity contribution in [3.63, 3.8) is 0 Å². The summed E-state index contributed by atoms with van der Waals surface area (Å²) in [6, 6.07) is 0. The van der Waals surface area contributed by atoms with Crippen molar-refractivity contribution in [1.29, 1.82) is 0 Å². The van der Waals surface area contributed by atoms with Gasteiger partial charge in [0, 0.05) is 0 Å². The van der Waals surface area contributed by atoms with Crippen LogP contribution in [0, 0.1) is 0 Å². The SMILES string of the molecule is CCCC(C)(C)OOC1CCC(OC(=O)OC2CCC(OOC(C)(C)CCC)CC2)CC1. The van der Waals surface area contributed by atoms with Crippen LogP contribution in [0.25, 0.3) is 0 Å². The monoisotopic (exact) mass is 458 g/mol. The molecule has 0 bridgehead atoms. The molecule has 0 aromatic rings. The highest BCUT2D eigenvalue weighted by atomic mass is 17.2. The number of carbonyl (C=O) groups excluding carboxylic acids is 1. The summed E-state index contributed by atoms with van der Waals surface area (Å²) in [5.74, 6) is 0. The Bertz CT molecular complexity index is 486. The van der Waals surface area contributed by atoms with Crippen LogP contribution in [-0.2, 0) is 29.0 Å². The maximum absolute atomic E-state index is 12.2. The van der Waals surface area contributed by atoms with Gasteiger partial charge in [0.15, 0.2) is 0 Å². The van der Waals surface area contributed by atoms with Crippen LogP contribution < -0.4 is 0 Å². The van der Waals surface area contributed by atoms with Gasteiger partial charge in [0.1, 0.15) is 12.2 Å². The highest BCUT2D eigenvalue weighted by molar-refractivity contribution is 5.60. The highest BCUT2D eigenvalue weighted by Crippen LogP contribution is 2.29. The number of rotatable bonds is 12. The molecule has 0 aromatic carbocycles. The molecule has 0 aromatic heterocycles. The van der Waals surface area contributed by atoms with E-state index in [1.54, 1.807) is 0 Å². The normalized spacial score (nSPS) is 27.2. The molecule has 0 radical (unpaired) electrons. The molecule has 2 saturated carbocycles. The lowest BCUT2D eigenvalue weighted by Gasteiger charge is -2.32. The van der Waals surface area contributed by atoms with Gasteiger partial charge in [0.25, 0.3) is 0 Å².